The number of rotatable bonds is 8. The monoisotopic (exact) mass is 390 g/mol. The zero-order valence-corrected chi connectivity index (χ0v) is 16.8. The lowest BCUT2D eigenvalue weighted by atomic mass is 10.1. The number of ether oxygens (including phenoxy) is 1. The second-order valence-electron chi connectivity index (χ2n) is 6.45. The van der Waals surface area contributed by atoms with Crippen LogP contribution in [-0.4, -0.2) is 52.4 Å². The van der Waals surface area contributed by atoms with Gasteiger partial charge >= 0.3 is 0 Å². The minimum Gasteiger partial charge on any atom is -0.489 e. The first kappa shape index (κ1) is 21.5. The van der Waals surface area contributed by atoms with Gasteiger partial charge in [0.05, 0.1) is 12.8 Å². The molecule has 1 aromatic rings. The molecule has 0 saturated carbocycles. The molecule has 1 unspecified atom stereocenters. The van der Waals surface area contributed by atoms with Gasteiger partial charge in [-0.1, -0.05) is 11.6 Å². The molecule has 7 nitrogen and oxygen atoms in total. The summed E-state index contributed by atoms with van der Waals surface area (Å²) < 4.78 is 31.1. The highest BCUT2D eigenvalue weighted by molar-refractivity contribution is 7.88. The number of hydrogen-bond donors (Lipinski definition) is 3. The van der Waals surface area contributed by atoms with Crippen LogP contribution in [0.25, 0.3) is 0 Å². The Hall–Kier alpha value is -1.51. The summed E-state index contributed by atoms with van der Waals surface area (Å²) in [5.41, 5.74) is -0.642. The predicted molar refractivity (Wildman–Crippen MR) is 103 cm³/mol. The molecular weight excluding hydrogens is 364 g/mol. The van der Waals surface area contributed by atoms with Gasteiger partial charge in [0.2, 0.25) is 10.0 Å². The largest absolute Gasteiger partial charge is 0.489 e. The number of aliphatic imine (C=N–C) groups is 1. The Morgan fingerprint density at radius 2 is 1.88 bits per heavy atom. The van der Waals surface area contributed by atoms with E-state index in [-0.39, 0.29) is 6.10 Å². The molecule has 25 heavy (non-hydrogen) atoms. The molecule has 142 valence electrons. The summed E-state index contributed by atoms with van der Waals surface area (Å²) in [5, 5.41) is 6.90. The SMILES string of the molecule is CN=C(NCC(C)Oc1ccc(Cl)cc1)NCC(C)(C)NS(C)(=O)=O. The molecule has 0 saturated heterocycles. The number of nitrogens with zero attached hydrogens (tertiary/aromatic N) is 1. The van der Waals surface area contributed by atoms with E-state index in [0.717, 1.165) is 12.0 Å². The molecule has 0 spiro atoms. The van der Waals surface area contributed by atoms with Gasteiger partial charge in [-0.3, -0.25) is 4.99 Å². The molecule has 0 bridgehead atoms. The zero-order valence-electron chi connectivity index (χ0n) is 15.3. The van der Waals surface area contributed by atoms with E-state index in [2.05, 4.69) is 20.3 Å². The van der Waals surface area contributed by atoms with Gasteiger partial charge in [-0.2, -0.15) is 0 Å². The first-order valence-electron chi connectivity index (χ1n) is 7.86. The van der Waals surface area contributed by atoms with Crippen molar-refractivity contribution in [2.24, 2.45) is 4.99 Å². The van der Waals surface area contributed by atoms with Gasteiger partial charge in [-0.25, -0.2) is 13.1 Å². The number of hydrogen-bond acceptors (Lipinski definition) is 4. The fraction of sp³-hybridized carbons (Fsp3) is 0.562. The first-order chi connectivity index (χ1) is 11.5. The summed E-state index contributed by atoms with van der Waals surface area (Å²) >= 11 is 5.85. The molecule has 0 aromatic heterocycles. The highest BCUT2D eigenvalue weighted by Crippen LogP contribution is 2.16. The standard InChI is InChI=1S/C16H27ClN4O3S/c1-12(24-14-8-6-13(17)7-9-14)10-19-15(18-4)20-11-16(2,3)21-25(5,22)23/h6-9,12,21H,10-11H2,1-5H3,(H2,18,19,20). The maximum Gasteiger partial charge on any atom is 0.209 e. The van der Waals surface area contributed by atoms with E-state index in [1.54, 1.807) is 33.0 Å². The Morgan fingerprint density at radius 1 is 1.28 bits per heavy atom. The fourth-order valence-electron chi connectivity index (χ4n) is 2.09. The predicted octanol–water partition coefficient (Wildman–Crippen LogP) is 1.60. The van der Waals surface area contributed by atoms with Crippen molar-refractivity contribution < 1.29 is 13.2 Å². The molecule has 9 heteroatoms. The minimum absolute atomic E-state index is 0.0955. The van der Waals surface area contributed by atoms with E-state index < -0.39 is 15.6 Å². The van der Waals surface area contributed by atoms with E-state index in [1.165, 1.54) is 0 Å². The summed E-state index contributed by atoms with van der Waals surface area (Å²) in [7, 11) is -1.63. The number of halogens is 1. The van der Waals surface area contributed by atoms with E-state index in [1.807, 2.05) is 19.1 Å². The average molecular weight is 391 g/mol. The Morgan fingerprint density at radius 3 is 2.40 bits per heavy atom. The lowest BCUT2D eigenvalue weighted by Crippen LogP contribution is -2.53. The second-order valence-corrected chi connectivity index (χ2v) is 8.63. The maximum atomic E-state index is 11.4. The Kier molecular flexibility index (Phi) is 7.98. The van der Waals surface area contributed by atoms with Gasteiger partial charge in [-0.05, 0) is 45.0 Å². The molecular formula is C16H27ClN4O3S. The number of nitrogens with one attached hydrogen (secondary N) is 3. The van der Waals surface area contributed by atoms with Gasteiger partial charge in [0.25, 0.3) is 0 Å². The van der Waals surface area contributed by atoms with Crippen LogP contribution in [0, 0.1) is 0 Å². The quantitative estimate of drug-likeness (QED) is 0.463. The smallest absolute Gasteiger partial charge is 0.209 e. The lowest BCUT2D eigenvalue weighted by molar-refractivity contribution is 0.224. The molecule has 1 aromatic carbocycles. The third-order valence-electron chi connectivity index (χ3n) is 3.09. The van der Waals surface area contributed by atoms with Crippen LogP contribution in [0.5, 0.6) is 5.75 Å². The summed E-state index contributed by atoms with van der Waals surface area (Å²) in [6.45, 7) is 6.43. The van der Waals surface area contributed by atoms with Crippen LogP contribution in [0.2, 0.25) is 5.02 Å². The van der Waals surface area contributed by atoms with Crippen molar-refractivity contribution in [2.75, 3.05) is 26.4 Å². The third kappa shape index (κ3) is 9.52. The summed E-state index contributed by atoms with van der Waals surface area (Å²) in [5.74, 6) is 1.30. The van der Waals surface area contributed by atoms with Gasteiger partial charge in [0.15, 0.2) is 5.96 Å². The molecule has 3 N–H and O–H groups in total. The Labute approximate surface area is 155 Å². The number of guanidine groups is 1. The second kappa shape index (κ2) is 9.26. The molecule has 0 fully saturated rings. The lowest BCUT2D eigenvalue weighted by Gasteiger charge is -2.26. The van der Waals surface area contributed by atoms with E-state index in [4.69, 9.17) is 16.3 Å². The summed E-state index contributed by atoms with van der Waals surface area (Å²) in [6.07, 6.45) is 1.04. The Bertz CT molecular complexity index is 675. The number of benzene rings is 1. The zero-order chi connectivity index (χ0) is 19.1. The molecule has 0 amide bonds. The van der Waals surface area contributed by atoms with Crippen molar-refractivity contribution >= 4 is 27.6 Å². The van der Waals surface area contributed by atoms with Gasteiger partial charge in [-0.15, -0.1) is 0 Å². The molecule has 1 atom stereocenters. The normalized spacial score (nSPS) is 14.1. The Balaban J connectivity index is 2.44. The highest BCUT2D eigenvalue weighted by atomic mass is 35.5. The molecule has 1 rings (SSSR count). The molecule has 0 aliphatic heterocycles. The van der Waals surface area contributed by atoms with Gasteiger partial charge in [0, 0.05) is 24.2 Å². The summed E-state index contributed by atoms with van der Waals surface area (Å²) in [6, 6.07) is 7.17. The van der Waals surface area contributed by atoms with Crippen LogP contribution in [-0.2, 0) is 10.0 Å². The molecule has 0 heterocycles. The maximum absolute atomic E-state index is 11.4. The highest BCUT2D eigenvalue weighted by Gasteiger charge is 2.22. The van der Waals surface area contributed by atoms with Crippen molar-refractivity contribution in [1.82, 2.24) is 15.4 Å². The van der Waals surface area contributed by atoms with Crippen molar-refractivity contribution in [3.05, 3.63) is 29.3 Å². The number of sulfonamides is 1. The van der Waals surface area contributed by atoms with Crippen LogP contribution in [0.15, 0.2) is 29.3 Å². The van der Waals surface area contributed by atoms with Crippen molar-refractivity contribution in [2.45, 2.75) is 32.4 Å². The van der Waals surface area contributed by atoms with E-state index in [0.29, 0.717) is 24.1 Å². The van der Waals surface area contributed by atoms with Crippen LogP contribution < -0.4 is 20.1 Å². The molecule has 0 aliphatic carbocycles. The van der Waals surface area contributed by atoms with Crippen molar-refractivity contribution in [1.29, 1.82) is 0 Å². The van der Waals surface area contributed by atoms with Crippen molar-refractivity contribution in [3.63, 3.8) is 0 Å². The van der Waals surface area contributed by atoms with Gasteiger partial charge < -0.3 is 15.4 Å². The van der Waals surface area contributed by atoms with Crippen LogP contribution in [0.3, 0.4) is 0 Å². The van der Waals surface area contributed by atoms with Crippen LogP contribution in [0.1, 0.15) is 20.8 Å². The third-order valence-corrected chi connectivity index (χ3v) is 4.27. The molecule has 0 aliphatic rings. The van der Waals surface area contributed by atoms with E-state index >= 15 is 0 Å². The van der Waals surface area contributed by atoms with Crippen LogP contribution >= 0.6 is 11.6 Å². The molecule has 0 radical (unpaired) electrons. The average Bonchev–Trinajstić information content (AvgIpc) is 2.47. The van der Waals surface area contributed by atoms with E-state index in [9.17, 15) is 8.42 Å². The van der Waals surface area contributed by atoms with Crippen molar-refractivity contribution in [3.8, 4) is 5.75 Å². The van der Waals surface area contributed by atoms with Crippen LogP contribution in [0.4, 0.5) is 0 Å². The topological polar surface area (TPSA) is 91.8 Å². The first-order valence-corrected chi connectivity index (χ1v) is 10.1. The minimum atomic E-state index is -3.28. The van der Waals surface area contributed by atoms with Gasteiger partial charge in [0.1, 0.15) is 11.9 Å². The summed E-state index contributed by atoms with van der Waals surface area (Å²) in [4.78, 5) is 4.12. The fourth-order valence-corrected chi connectivity index (χ4v) is 3.29.